The molecule has 2 rings (SSSR count). The third-order valence-electron chi connectivity index (χ3n) is 4.15. The topological polar surface area (TPSA) is 15.3 Å². The van der Waals surface area contributed by atoms with Gasteiger partial charge in [-0.2, -0.15) is 0 Å². The molecule has 122 valence electrons. The Balaban J connectivity index is 2.18. The summed E-state index contributed by atoms with van der Waals surface area (Å²) in [5.74, 6) is -3.55. The standard InChI is InChI=1S/C17H23F3N2/c1-2-3-4-5-6-15(22-11-9-21-10-12-22)13-7-8-14(18)17(20)16(13)19/h2,7-8,15,21H,1,3-6,9-12H2/t15-/m0/s1. The first kappa shape index (κ1) is 17.0. The van der Waals surface area contributed by atoms with Gasteiger partial charge < -0.3 is 5.32 Å². The van der Waals surface area contributed by atoms with Gasteiger partial charge in [-0.15, -0.1) is 6.58 Å². The number of piperazine rings is 1. The van der Waals surface area contributed by atoms with Gasteiger partial charge in [0.05, 0.1) is 0 Å². The molecule has 22 heavy (non-hydrogen) atoms. The predicted molar refractivity (Wildman–Crippen MR) is 82.2 cm³/mol. The maximum absolute atomic E-state index is 14.2. The molecular formula is C17H23F3N2. The fourth-order valence-electron chi connectivity index (χ4n) is 2.95. The van der Waals surface area contributed by atoms with Gasteiger partial charge in [0, 0.05) is 37.8 Å². The van der Waals surface area contributed by atoms with E-state index in [1.54, 1.807) is 0 Å². The Bertz CT molecular complexity index is 499. The molecule has 0 aromatic heterocycles. The van der Waals surface area contributed by atoms with Gasteiger partial charge in [-0.25, -0.2) is 13.2 Å². The molecule has 1 fully saturated rings. The summed E-state index contributed by atoms with van der Waals surface area (Å²) in [4.78, 5) is 2.15. The Hall–Kier alpha value is -1.33. The van der Waals surface area contributed by atoms with Crippen LogP contribution in [0, 0.1) is 17.5 Å². The van der Waals surface area contributed by atoms with Gasteiger partial charge in [-0.05, 0) is 25.3 Å². The number of nitrogens with zero attached hydrogens (tertiary/aromatic N) is 1. The lowest BCUT2D eigenvalue weighted by molar-refractivity contribution is 0.158. The zero-order valence-corrected chi connectivity index (χ0v) is 12.8. The van der Waals surface area contributed by atoms with Gasteiger partial charge in [0.25, 0.3) is 0 Å². The summed E-state index contributed by atoms with van der Waals surface area (Å²) < 4.78 is 40.9. The van der Waals surface area contributed by atoms with Crippen LogP contribution >= 0.6 is 0 Å². The third kappa shape index (κ3) is 4.11. The summed E-state index contributed by atoms with van der Waals surface area (Å²) in [7, 11) is 0. The number of rotatable bonds is 7. The molecule has 0 unspecified atom stereocenters. The molecule has 1 N–H and O–H groups in total. The highest BCUT2D eigenvalue weighted by Gasteiger charge is 2.26. The first-order chi connectivity index (χ1) is 10.6. The number of hydrogen-bond donors (Lipinski definition) is 1. The van der Waals surface area contributed by atoms with Crippen LogP contribution in [-0.4, -0.2) is 31.1 Å². The summed E-state index contributed by atoms with van der Waals surface area (Å²) in [6, 6.07) is 2.20. The van der Waals surface area contributed by atoms with Crippen LogP contribution < -0.4 is 5.32 Å². The number of unbranched alkanes of at least 4 members (excludes halogenated alkanes) is 2. The second kappa shape index (κ2) is 8.34. The van der Waals surface area contributed by atoms with Gasteiger partial charge in [-0.1, -0.05) is 18.6 Å². The van der Waals surface area contributed by atoms with Crippen molar-refractivity contribution in [2.75, 3.05) is 26.2 Å². The van der Waals surface area contributed by atoms with Crippen molar-refractivity contribution in [1.82, 2.24) is 10.2 Å². The minimum absolute atomic E-state index is 0.206. The van der Waals surface area contributed by atoms with Crippen molar-refractivity contribution in [1.29, 1.82) is 0 Å². The molecule has 5 heteroatoms. The smallest absolute Gasteiger partial charge is 0.194 e. The monoisotopic (exact) mass is 312 g/mol. The van der Waals surface area contributed by atoms with E-state index in [1.807, 2.05) is 6.08 Å². The molecular weight excluding hydrogens is 289 g/mol. The van der Waals surface area contributed by atoms with Crippen LogP contribution in [0.5, 0.6) is 0 Å². The maximum atomic E-state index is 14.2. The lowest BCUT2D eigenvalue weighted by atomic mass is 9.97. The Kier molecular flexibility index (Phi) is 6.46. The number of halogens is 3. The van der Waals surface area contributed by atoms with E-state index in [2.05, 4.69) is 16.8 Å². The highest BCUT2D eigenvalue weighted by molar-refractivity contribution is 5.24. The van der Waals surface area contributed by atoms with Gasteiger partial charge in [0.2, 0.25) is 0 Å². The van der Waals surface area contributed by atoms with E-state index in [0.717, 1.165) is 57.9 Å². The molecule has 1 aromatic carbocycles. The van der Waals surface area contributed by atoms with Crippen molar-refractivity contribution in [3.63, 3.8) is 0 Å². The van der Waals surface area contributed by atoms with Gasteiger partial charge in [-0.3, -0.25) is 4.90 Å². The van der Waals surface area contributed by atoms with Crippen molar-refractivity contribution in [3.05, 3.63) is 47.8 Å². The molecule has 1 aliphatic heterocycles. The van der Waals surface area contributed by atoms with Crippen LogP contribution in [0.1, 0.15) is 37.3 Å². The summed E-state index contributed by atoms with van der Waals surface area (Å²) in [5.41, 5.74) is 0.263. The van der Waals surface area contributed by atoms with Crippen LogP contribution in [0.15, 0.2) is 24.8 Å². The molecule has 0 spiro atoms. The van der Waals surface area contributed by atoms with Crippen molar-refractivity contribution >= 4 is 0 Å². The summed E-state index contributed by atoms with van der Waals surface area (Å²) in [6.07, 6.45) is 5.37. The Morgan fingerprint density at radius 3 is 2.55 bits per heavy atom. The van der Waals surface area contributed by atoms with Crippen LogP contribution in [0.3, 0.4) is 0 Å². The van der Waals surface area contributed by atoms with Gasteiger partial charge in [0.1, 0.15) is 0 Å². The van der Waals surface area contributed by atoms with E-state index < -0.39 is 17.5 Å². The summed E-state index contributed by atoms with van der Waals surface area (Å²) in [6.45, 7) is 6.91. The van der Waals surface area contributed by atoms with Crippen LogP contribution in [-0.2, 0) is 0 Å². The molecule has 0 aliphatic carbocycles. The van der Waals surface area contributed by atoms with Gasteiger partial charge in [0.15, 0.2) is 17.5 Å². The van der Waals surface area contributed by atoms with E-state index in [1.165, 1.54) is 6.07 Å². The highest BCUT2D eigenvalue weighted by atomic mass is 19.2. The van der Waals surface area contributed by atoms with Gasteiger partial charge >= 0.3 is 0 Å². The Morgan fingerprint density at radius 2 is 1.86 bits per heavy atom. The zero-order chi connectivity index (χ0) is 15.9. The first-order valence-electron chi connectivity index (χ1n) is 7.84. The molecule has 1 aliphatic rings. The second-order valence-corrected chi connectivity index (χ2v) is 5.64. The Morgan fingerprint density at radius 1 is 1.14 bits per heavy atom. The molecule has 1 atom stereocenters. The van der Waals surface area contributed by atoms with Crippen molar-refractivity contribution in [2.24, 2.45) is 0 Å². The second-order valence-electron chi connectivity index (χ2n) is 5.64. The average molecular weight is 312 g/mol. The van der Waals surface area contributed by atoms with E-state index in [0.29, 0.717) is 0 Å². The largest absolute Gasteiger partial charge is 0.314 e. The van der Waals surface area contributed by atoms with E-state index in [4.69, 9.17) is 0 Å². The van der Waals surface area contributed by atoms with Crippen LogP contribution in [0.2, 0.25) is 0 Å². The minimum Gasteiger partial charge on any atom is -0.314 e. The molecule has 0 radical (unpaired) electrons. The SMILES string of the molecule is C=CCCCC[C@@H](c1ccc(F)c(F)c1F)N1CCNCC1. The van der Waals surface area contributed by atoms with E-state index in [9.17, 15) is 13.2 Å². The van der Waals surface area contributed by atoms with Crippen molar-refractivity contribution in [3.8, 4) is 0 Å². The minimum atomic E-state index is -1.37. The number of benzene rings is 1. The molecule has 2 nitrogen and oxygen atoms in total. The van der Waals surface area contributed by atoms with Crippen LogP contribution in [0.4, 0.5) is 13.2 Å². The maximum Gasteiger partial charge on any atom is 0.194 e. The molecule has 1 aromatic rings. The van der Waals surface area contributed by atoms with Crippen LogP contribution in [0.25, 0.3) is 0 Å². The molecule has 0 bridgehead atoms. The molecule has 0 amide bonds. The third-order valence-corrected chi connectivity index (χ3v) is 4.15. The molecule has 0 saturated carbocycles. The first-order valence-corrected chi connectivity index (χ1v) is 7.84. The van der Waals surface area contributed by atoms with Crippen molar-refractivity contribution < 1.29 is 13.2 Å². The van der Waals surface area contributed by atoms with E-state index in [-0.39, 0.29) is 11.6 Å². The van der Waals surface area contributed by atoms with Crippen molar-refractivity contribution in [2.45, 2.75) is 31.7 Å². The summed E-state index contributed by atoms with van der Waals surface area (Å²) in [5, 5.41) is 3.25. The number of hydrogen-bond acceptors (Lipinski definition) is 2. The normalized spacial score (nSPS) is 17.4. The van der Waals surface area contributed by atoms with E-state index >= 15 is 0 Å². The average Bonchev–Trinajstić information content (AvgIpc) is 2.55. The predicted octanol–water partition coefficient (Wildman–Crippen LogP) is 3.80. The highest BCUT2D eigenvalue weighted by Crippen LogP contribution is 2.30. The number of nitrogens with one attached hydrogen (secondary N) is 1. The fourth-order valence-corrected chi connectivity index (χ4v) is 2.95. The molecule has 1 saturated heterocycles. The zero-order valence-electron chi connectivity index (χ0n) is 12.8. The molecule has 1 heterocycles. The lowest BCUT2D eigenvalue weighted by Crippen LogP contribution is -2.45. The lowest BCUT2D eigenvalue weighted by Gasteiger charge is -2.35. The number of allylic oxidation sites excluding steroid dienone is 1. The Labute approximate surface area is 130 Å². The summed E-state index contributed by atoms with van der Waals surface area (Å²) >= 11 is 0. The fraction of sp³-hybridized carbons (Fsp3) is 0.529. The quantitative estimate of drug-likeness (QED) is 0.468.